The van der Waals surface area contributed by atoms with Gasteiger partial charge in [0.15, 0.2) is 0 Å². The second kappa shape index (κ2) is 10.6. The van der Waals surface area contributed by atoms with Crippen molar-refractivity contribution in [2.75, 3.05) is 0 Å². The Labute approximate surface area is 131 Å². The van der Waals surface area contributed by atoms with Crippen molar-refractivity contribution in [2.24, 2.45) is 0 Å². The largest absolute Gasteiger partial charge is 0.478 e. The van der Waals surface area contributed by atoms with Crippen molar-refractivity contribution in [3.8, 4) is 5.75 Å². The summed E-state index contributed by atoms with van der Waals surface area (Å²) in [4.78, 5) is 22.7. The number of carbonyl (C=O) groups is 2. The lowest BCUT2D eigenvalue weighted by molar-refractivity contribution is -0.129. The molecule has 0 spiro atoms. The quantitative estimate of drug-likeness (QED) is 0.297. The Balaban J connectivity index is 2.31. The van der Waals surface area contributed by atoms with Crippen LogP contribution >= 0.6 is 0 Å². The van der Waals surface area contributed by atoms with E-state index in [1.807, 2.05) is 0 Å². The summed E-state index contributed by atoms with van der Waals surface area (Å²) < 4.78 is 5.06. The minimum Gasteiger partial charge on any atom is -0.478 e. The number of hydrogen-bond acceptors (Lipinski definition) is 3. The van der Waals surface area contributed by atoms with Crippen molar-refractivity contribution in [3.63, 3.8) is 0 Å². The first-order valence-electron chi connectivity index (χ1n) is 7.85. The van der Waals surface area contributed by atoms with Crippen LogP contribution < -0.4 is 4.74 Å². The van der Waals surface area contributed by atoms with E-state index >= 15 is 0 Å². The molecule has 4 nitrogen and oxygen atoms in total. The van der Waals surface area contributed by atoms with E-state index in [0.717, 1.165) is 12.8 Å². The number of carboxylic acids is 1. The molecule has 0 amide bonds. The minimum atomic E-state index is -1.11. The molecule has 0 fully saturated rings. The van der Waals surface area contributed by atoms with Gasteiger partial charge in [-0.2, -0.15) is 0 Å². The van der Waals surface area contributed by atoms with Crippen LogP contribution in [0.3, 0.4) is 0 Å². The van der Waals surface area contributed by atoms with E-state index in [9.17, 15) is 9.59 Å². The Morgan fingerprint density at radius 3 is 2.50 bits per heavy atom. The highest BCUT2D eigenvalue weighted by Crippen LogP contribution is 2.18. The summed E-state index contributed by atoms with van der Waals surface area (Å²) in [6.07, 6.45) is 11.2. The number of hydrogen-bond donors (Lipinski definition) is 1. The van der Waals surface area contributed by atoms with Crippen LogP contribution in [0, 0.1) is 0 Å². The molecule has 1 aromatic rings. The number of aromatic carboxylic acids is 1. The van der Waals surface area contributed by atoms with Gasteiger partial charge in [0.05, 0.1) is 0 Å². The fraction of sp³-hybridized carbons (Fsp3) is 0.444. The summed E-state index contributed by atoms with van der Waals surface area (Å²) in [6, 6.07) is 6.11. The molecule has 0 radical (unpaired) electrons. The van der Waals surface area contributed by atoms with Gasteiger partial charge in [-0.1, -0.05) is 57.2 Å². The third-order valence-corrected chi connectivity index (χ3v) is 3.31. The zero-order valence-electron chi connectivity index (χ0n) is 13.1. The number of esters is 1. The van der Waals surface area contributed by atoms with Crippen LogP contribution in [0.15, 0.2) is 36.4 Å². The minimum absolute atomic E-state index is 0.0137. The zero-order valence-corrected chi connectivity index (χ0v) is 13.1. The van der Waals surface area contributed by atoms with Gasteiger partial charge in [0.2, 0.25) is 0 Å². The summed E-state index contributed by atoms with van der Waals surface area (Å²) in [5, 5.41) is 9.00. The highest BCUT2D eigenvalue weighted by atomic mass is 16.5. The molecule has 0 saturated carbocycles. The molecule has 0 saturated heterocycles. The summed E-state index contributed by atoms with van der Waals surface area (Å²) >= 11 is 0. The van der Waals surface area contributed by atoms with Gasteiger partial charge in [0, 0.05) is 6.08 Å². The highest BCUT2D eigenvalue weighted by molar-refractivity contribution is 5.93. The van der Waals surface area contributed by atoms with Crippen LogP contribution in [0.1, 0.15) is 62.2 Å². The predicted octanol–water partition coefficient (Wildman–Crippen LogP) is 4.60. The van der Waals surface area contributed by atoms with E-state index in [-0.39, 0.29) is 11.3 Å². The van der Waals surface area contributed by atoms with Gasteiger partial charge in [-0.3, -0.25) is 0 Å². The van der Waals surface area contributed by atoms with Gasteiger partial charge >= 0.3 is 11.9 Å². The van der Waals surface area contributed by atoms with Crippen LogP contribution in [-0.4, -0.2) is 17.0 Å². The van der Waals surface area contributed by atoms with Crippen molar-refractivity contribution in [3.05, 3.63) is 42.0 Å². The van der Waals surface area contributed by atoms with Gasteiger partial charge in [0.1, 0.15) is 11.3 Å². The molecule has 22 heavy (non-hydrogen) atoms. The van der Waals surface area contributed by atoms with E-state index in [2.05, 4.69) is 6.92 Å². The van der Waals surface area contributed by atoms with Crippen molar-refractivity contribution < 1.29 is 19.4 Å². The van der Waals surface area contributed by atoms with Crippen LogP contribution in [0.4, 0.5) is 0 Å². The number of rotatable bonds is 10. The molecule has 0 aliphatic rings. The second-order valence-corrected chi connectivity index (χ2v) is 5.18. The third kappa shape index (κ3) is 7.07. The molecule has 0 heterocycles. The molecule has 0 atom stereocenters. The van der Waals surface area contributed by atoms with Crippen molar-refractivity contribution in [1.82, 2.24) is 0 Å². The number of carbonyl (C=O) groups excluding carboxylic acids is 1. The average Bonchev–Trinajstić information content (AvgIpc) is 2.50. The van der Waals surface area contributed by atoms with Crippen LogP contribution in [-0.2, 0) is 4.79 Å². The maximum absolute atomic E-state index is 11.7. The molecule has 0 unspecified atom stereocenters. The lowest BCUT2D eigenvalue weighted by atomic mass is 10.1. The smallest absolute Gasteiger partial charge is 0.339 e. The van der Waals surface area contributed by atoms with Gasteiger partial charge in [0.25, 0.3) is 0 Å². The number of benzene rings is 1. The number of ether oxygens (including phenoxy) is 1. The monoisotopic (exact) mass is 304 g/mol. The summed E-state index contributed by atoms with van der Waals surface area (Å²) in [5.74, 6) is -1.58. The highest BCUT2D eigenvalue weighted by Gasteiger charge is 2.12. The molecule has 120 valence electrons. The number of para-hydroxylation sites is 1. The standard InChI is InChI=1S/C18H24O4/c1-2-3-4-5-6-7-8-9-14-17(19)22-16-13-11-10-12-15(16)18(20)21/h9-14H,2-8H2,1H3,(H,20,21). The molecule has 1 aromatic carbocycles. The third-order valence-electron chi connectivity index (χ3n) is 3.31. The van der Waals surface area contributed by atoms with Crippen LogP contribution in [0.5, 0.6) is 5.75 Å². The maximum atomic E-state index is 11.7. The normalized spacial score (nSPS) is 10.8. The van der Waals surface area contributed by atoms with Gasteiger partial charge in [-0.05, 0) is 25.0 Å². The molecule has 4 heteroatoms. The Kier molecular flexibility index (Phi) is 8.65. The van der Waals surface area contributed by atoms with Crippen molar-refractivity contribution >= 4 is 11.9 Å². The SMILES string of the molecule is CCCCCCCCC=CC(=O)Oc1ccccc1C(=O)O. The van der Waals surface area contributed by atoms with Crippen molar-refractivity contribution in [2.45, 2.75) is 51.9 Å². The summed E-state index contributed by atoms with van der Waals surface area (Å²) in [6.45, 7) is 2.19. The molecule has 0 aromatic heterocycles. The molecule has 0 aliphatic heterocycles. The Hall–Kier alpha value is -2.10. The maximum Gasteiger partial charge on any atom is 0.339 e. The van der Waals surface area contributed by atoms with E-state index in [1.54, 1.807) is 18.2 Å². The molecule has 0 bridgehead atoms. The van der Waals surface area contributed by atoms with E-state index < -0.39 is 11.9 Å². The lowest BCUT2D eigenvalue weighted by Crippen LogP contribution is -2.08. The first-order chi connectivity index (χ1) is 10.6. The Bertz CT molecular complexity index is 506. The number of allylic oxidation sites excluding steroid dienone is 1. The topological polar surface area (TPSA) is 63.6 Å². The van der Waals surface area contributed by atoms with E-state index in [0.29, 0.717) is 0 Å². The number of unbranched alkanes of at least 4 members (excludes halogenated alkanes) is 6. The first-order valence-corrected chi connectivity index (χ1v) is 7.85. The summed E-state index contributed by atoms with van der Waals surface area (Å²) in [7, 11) is 0. The molecular formula is C18H24O4. The predicted molar refractivity (Wildman–Crippen MR) is 86.2 cm³/mol. The average molecular weight is 304 g/mol. The Morgan fingerprint density at radius 1 is 1.09 bits per heavy atom. The van der Waals surface area contributed by atoms with Crippen LogP contribution in [0.25, 0.3) is 0 Å². The van der Waals surface area contributed by atoms with Crippen LogP contribution in [0.2, 0.25) is 0 Å². The fourth-order valence-corrected chi connectivity index (χ4v) is 2.10. The van der Waals surface area contributed by atoms with Gasteiger partial charge in [-0.15, -0.1) is 0 Å². The molecule has 0 aliphatic carbocycles. The van der Waals surface area contributed by atoms with Gasteiger partial charge < -0.3 is 9.84 Å². The zero-order chi connectivity index (χ0) is 16.2. The van der Waals surface area contributed by atoms with Gasteiger partial charge in [-0.25, -0.2) is 9.59 Å². The van der Waals surface area contributed by atoms with E-state index in [1.165, 1.54) is 50.3 Å². The first kappa shape index (κ1) is 18.0. The molecular weight excluding hydrogens is 280 g/mol. The second-order valence-electron chi connectivity index (χ2n) is 5.18. The lowest BCUT2D eigenvalue weighted by Gasteiger charge is -2.04. The molecule has 1 rings (SSSR count). The molecule has 1 N–H and O–H groups in total. The van der Waals surface area contributed by atoms with Crippen molar-refractivity contribution in [1.29, 1.82) is 0 Å². The van der Waals surface area contributed by atoms with E-state index in [4.69, 9.17) is 9.84 Å². The number of carboxylic acid groups (broad SMARTS) is 1. The Morgan fingerprint density at radius 2 is 1.77 bits per heavy atom. The fourth-order valence-electron chi connectivity index (χ4n) is 2.10. The summed E-state index contributed by atoms with van der Waals surface area (Å²) in [5.41, 5.74) is -0.0137.